The van der Waals surface area contributed by atoms with Crippen molar-refractivity contribution in [3.63, 3.8) is 0 Å². The zero-order valence-corrected chi connectivity index (χ0v) is 22.2. The third-order valence-corrected chi connectivity index (χ3v) is 11.4. The molecule has 6 aliphatic rings. The summed E-state index contributed by atoms with van der Waals surface area (Å²) in [5.74, 6) is 4.75. The third kappa shape index (κ3) is 3.34. The smallest absolute Gasteiger partial charge is 0.0894 e. The first-order chi connectivity index (χ1) is 17.3. The van der Waals surface area contributed by atoms with E-state index >= 15 is 0 Å². The number of rotatable bonds is 4. The van der Waals surface area contributed by atoms with Crippen LogP contribution in [0.5, 0.6) is 0 Å². The van der Waals surface area contributed by atoms with Crippen molar-refractivity contribution in [2.45, 2.75) is 78.1 Å². The number of hydrogen-bond acceptors (Lipinski definition) is 3. The van der Waals surface area contributed by atoms with Crippen LogP contribution in [0, 0.1) is 34.5 Å². The van der Waals surface area contributed by atoms with Gasteiger partial charge in [0.25, 0.3) is 0 Å². The van der Waals surface area contributed by atoms with Crippen LogP contribution in [0.3, 0.4) is 0 Å². The van der Waals surface area contributed by atoms with Gasteiger partial charge in [0.1, 0.15) is 0 Å². The topological polar surface area (TPSA) is 38.7 Å². The number of hydrogen-bond donors (Lipinski definition) is 0. The molecule has 186 valence electrons. The van der Waals surface area contributed by atoms with Gasteiger partial charge in [-0.15, -0.1) is 0 Å². The maximum Gasteiger partial charge on any atom is 0.0894 e. The molecule has 1 unspecified atom stereocenters. The molecule has 6 aliphatic carbocycles. The summed E-state index contributed by atoms with van der Waals surface area (Å²) in [7, 11) is 0. The molecule has 0 aromatic carbocycles. The van der Waals surface area contributed by atoms with Crippen LogP contribution in [0.25, 0.3) is 22.8 Å². The molecule has 6 fully saturated rings. The average Bonchev–Trinajstić information content (AvgIpc) is 2.93. The van der Waals surface area contributed by atoms with E-state index in [1.165, 1.54) is 49.7 Å². The summed E-state index contributed by atoms with van der Waals surface area (Å²) in [4.78, 5) is 14.6. The Balaban J connectivity index is 1.17. The lowest BCUT2D eigenvalue weighted by Gasteiger charge is -2.60. The van der Waals surface area contributed by atoms with Gasteiger partial charge in [0.2, 0.25) is 0 Å². The molecule has 36 heavy (non-hydrogen) atoms. The molecule has 3 aromatic rings. The van der Waals surface area contributed by atoms with Crippen LogP contribution in [0.1, 0.15) is 89.2 Å². The van der Waals surface area contributed by atoms with Crippen molar-refractivity contribution >= 4 is 0 Å². The molecule has 6 atom stereocenters. The van der Waals surface area contributed by atoms with Gasteiger partial charge in [-0.2, -0.15) is 0 Å². The summed E-state index contributed by atoms with van der Waals surface area (Å²) in [6.45, 7) is 9.90. The molecule has 3 aromatic heterocycles. The van der Waals surface area contributed by atoms with E-state index in [-0.39, 0.29) is 0 Å². The van der Waals surface area contributed by atoms with Crippen LogP contribution in [0.4, 0.5) is 0 Å². The van der Waals surface area contributed by atoms with E-state index in [4.69, 9.17) is 15.0 Å². The van der Waals surface area contributed by atoms with Gasteiger partial charge in [-0.05, 0) is 132 Å². The fourth-order valence-electron chi connectivity index (χ4n) is 8.77. The lowest BCUT2D eigenvalue weighted by molar-refractivity contribution is -0.0805. The molecular formula is C33H39N3. The largest absolute Gasteiger partial charge is 0.255 e. The first-order valence-electron chi connectivity index (χ1n) is 14.2. The van der Waals surface area contributed by atoms with Crippen molar-refractivity contribution in [1.82, 2.24) is 15.0 Å². The molecule has 9 rings (SSSR count). The van der Waals surface area contributed by atoms with Crippen LogP contribution in [0.15, 0.2) is 54.9 Å². The van der Waals surface area contributed by atoms with E-state index in [0.29, 0.717) is 22.7 Å². The second-order valence-corrected chi connectivity index (χ2v) is 13.4. The maximum absolute atomic E-state index is 5.08. The van der Waals surface area contributed by atoms with Gasteiger partial charge in [-0.1, -0.05) is 33.8 Å². The zero-order chi connectivity index (χ0) is 24.7. The first-order valence-corrected chi connectivity index (χ1v) is 14.2. The average molecular weight is 478 g/mol. The highest BCUT2D eigenvalue weighted by Gasteiger charge is 2.55. The predicted octanol–water partition coefficient (Wildman–Crippen LogP) is 8.29. The van der Waals surface area contributed by atoms with Gasteiger partial charge in [0.05, 0.1) is 22.8 Å². The molecule has 6 saturated carbocycles. The third-order valence-electron chi connectivity index (χ3n) is 11.4. The molecule has 0 saturated heterocycles. The Labute approximate surface area is 216 Å². The van der Waals surface area contributed by atoms with Gasteiger partial charge in [0.15, 0.2) is 0 Å². The van der Waals surface area contributed by atoms with Crippen molar-refractivity contribution in [3.8, 4) is 22.8 Å². The predicted molar refractivity (Wildman–Crippen MR) is 145 cm³/mol. The standard InChI is InChI=1S/C33H39N3/c1-32(2)22-8-10-24(26(32)18-22)20-12-14-34-30(16-20)28-6-5-7-29(36-28)31-17-21(13-15-35-31)25-11-9-23-19-27(25)33(23,3)4/h5-7,12-17,22-27H,8-11,18-19H2,1-4H3/t22-,23-,24+,25?,26-,27-/m0/s1. The minimum absolute atomic E-state index is 0.481. The van der Waals surface area contributed by atoms with Crippen molar-refractivity contribution < 1.29 is 0 Å². The minimum Gasteiger partial charge on any atom is -0.255 e. The van der Waals surface area contributed by atoms with Crippen LogP contribution in [-0.4, -0.2) is 15.0 Å². The summed E-state index contributed by atoms with van der Waals surface area (Å²) >= 11 is 0. The number of aromatic nitrogens is 3. The monoisotopic (exact) mass is 477 g/mol. The molecule has 3 nitrogen and oxygen atoms in total. The second kappa shape index (κ2) is 7.97. The van der Waals surface area contributed by atoms with Crippen molar-refractivity contribution in [3.05, 3.63) is 66.0 Å². The highest BCUT2D eigenvalue weighted by molar-refractivity contribution is 5.62. The van der Waals surface area contributed by atoms with Crippen LogP contribution < -0.4 is 0 Å². The van der Waals surface area contributed by atoms with Crippen molar-refractivity contribution in [1.29, 1.82) is 0 Å². The van der Waals surface area contributed by atoms with Gasteiger partial charge in [-0.3, -0.25) is 9.97 Å². The van der Waals surface area contributed by atoms with E-state index in [0.717, 1.165) is 46.4 Å². The van der Waals surface area contributed by atoms with Crippen molar-refractivity contribution in [2.75, 3.05) is 0 Å². The SMILES string of the molecule is CC1(C)[C@H]2CCC(c3ccnc(-c4cccc(-c5cc([C@H]6CC[C@H]7C[C@@H]6C7(C)C)ccn5)n4)c3)[C@@H]1C2. The number of fused-ring (bicyclic) bond motifs is 4. The van der Waals surface area contributed by atoms with Crippen LogP contribution in [-0.2, 0) is 0 Å². The molecular weight excluding hydrogens is 438 g/mol. The molecule has 0 radical (unpaired) electrons. The highest BCUT2D eigenvalue weighted by Crippen LogP contribution is 2.65. The molecule has 0 N–H and O–H groups in total. The molecule has 4 bridgehead atoms. The Morgan fingerprint density at radius 1 is 0.611 bits per heavy atom. The highest BCUT2D eigenvalue weighted by atomic mass is 14.8. The van der Waals surface area contributed by atoms with Gasteiger partial charge in [0, 0.05) is 12.4 Å². The lowest BCUT2D eigenvalue weighted by Crippen LogP contribution is -2.51. The summed E-state index contributed by atoms with van der Waals surface area (Å²) in [5, 5.41) is 0. The van der Waals surface area contributed by atoms with Crippen molar-refractivity contribution in [2.24, 2.45) is 34.5 Å². The first kappa shape index (κ1) is 22.6. The van der Waals surface area contributed by atoms with Gasteiger partial charge >= 0.3 is 0 Å². The van der Waals surface area contributed by atoms with E-state index in [1.54, 1.807) is 0 Å². The van der Waals surface area contributed by atoms with Crippen LogP contribution >= 0.6 is 0 Å². The van der Waals surface area contributed by atoms with Crippen LogP contribution in [0.2, 0.25) is 0 Å². The molecule has 3 heterocycles. The van der Waals surface area contributed by atoms with E-state index in [9.17, 15) is 0 Å². The fraction of sp³-hybridized carbons (Fsp3) is 0.545. The normalized spacial score (nSPS) is 33.3. The molecule has 0 aliphatic heterocycles. The quantitative estimate of drug-likeness (QED) is 0.379. The molecule has 0 amide bonds. The number of nitrogens with zero attached hydrogens (tertiary/aromatic N) is 3. The summed E-state index contributed by atoms with van der Waals surface area (Å²) in [6.07, 6.45) is 12.1. The lowest BCUT2D eigenvalue weighted by atomic mass is 9.45. The molecule has 3 heteroatoms. The Morgan fingerprint density at radius 2 is 1.08 bits per heavy atom. The molecule has 0 spiro atoms. The Bertz CT molecular complexity index is 1210. The van der Waals surface area contributed by atoms with Gasteiger partial charge in [-0.25, -0.2) is 4.98 Å². The summed E-state index contributed by atoms with van der Waals surface area (Å²) < 4.78 is 0. The summed E-state index contributed by atoms with van der Waals surface area (Å²) in [5.41, 5.74) is 7.72. The summed E-state index contributed by atoms with van der Waals surface area (Å²) in [6, 6.07) is 15.4. The minimum atomic E-state index is 0.481. The second-order valence-electron chi connectivity index (χ2n) is 13.4. The fourth-order valence-corrected chi connectivity index (χ4v) is 8.77. The van der Waals surface area contributed by atoms with Gasteiger partial charge < -0.3 is 0 Å². The Hall–Kier alpha value is -2.55. The number of pyridine rings is 3. The maximum atomic E-state index is 5.08. The Kier molecular flexibility index (Phi) is 5.01. The zero-order valence-electron chi connectivity index (χ0n) is 22.2. The van der Waals surface area contributed by atoms with E-state index in [2.05, 4.69) is 70.2 Å². The van der Waals surface area contributed by atoms with E-state index in [1.807, 2.05) is 12.4 Å². The Morgan fingerprint density at radius 3 is 1.50 bits per heavy atom. The van der Waals surface area contributed by atoms with E-state index < -0.39 is 0 Å².